The van der Waals surface area contributed by atoms with E-state index in [0.717, 1.165) is 38.4 Å². The minimum absolute atomic E-state index is 0.0947. The Bertz CT molecular complexity index is 403. The lowest BCUT2D eigenvalue weighted by Gasteiger charge is -2.24. The second-order valence-electron chi connectivity index (χ2n) is 6.30. The average molecular weight is 248 g/mol. The summed E-state index contributed by atoms with van der Waals surface area (Å²) >= 11 is 0. The van der Waals surface area contributed by atoms with Crippen molar-refractivity contribution in [1.29, 1.82) is 0 Å². The summed E-state index contributed by atoms with van der Waals surface area (Å²) < 4.78 is 5.41. The molecule has 3 heteroatoms. The third kappa shape index (κ3) is 3.08. The zero-order valence-corrected chi connectivity index (χ0v) is 12.0. The number of aromatic nitrogens is 2. The van der Waals surface area contributed by atoms with Crippen molar-refractivity contribution < 1.29 is 4.74 Å². The highest BCUT2D eigenvalue weighted by Gasteiger charge is 2.22. The number of nitrogens with zero attached hydrogens (tertiary/aromatic N) is 2. The Morgan fingerprint density at radius 2 is 1.89 bits per heavy atom. The van der Waals surface area contributed by atoms with Crippen LogP contribution in [-0.2, 0) is 16.6 Å². The summed E-state index contributed by atoms with van der Waals surface area (Å²) in [5.74, 6) is 0.722. The van der Waals surface area contributed by atoms with Crippen LogP contribution in [0.5, 0.6) is 0 Å². The molecule has 0 N–H and O–H groups in total. The molecule has 1 aliphatic heterocycles. The zero-order valence-electron chi connectivity index (χ0n) is 12.0. The topological polar surface area (TPSA) is 35.0 Å². The quantitative estimate of drug-likeness (QED) is 0.807. The van der Waals surface area contributed by atoms with Crippen molar-refractivity contribution in [3.05, 3.63) is 23.3 Å². The SMILES string of the molecule is Cc1c(CC2CCOCC2)ncnc1C(C)(C)C. The van der Waals surface area contributed by atoms with E-state index in [9.17, 15) is 0 Å². The first-order chi connectivity index (χ1) is 8.48. The normalized spacial score (nSPS) is 18.0. The van der Waals surface area contributed by atoms with Gasteiger partial charge in [0.2, 0.25) is 0 Å². The maximum Gasteiger partial charge on any atom is 0.115 e. The molecule has 0 aromatic carbocycles. The van der Waals surface area contributed by atoms with E-state index in [2.05, 4.69) is 37.7 Å². The fourth-order valence-electron chi connectivity index (χ4n) is 2.67. The second kappa shape index (κ2) is 5.35. The monoisotopic (exact) mass is 248 g/mol. The molecule has 0 spiro atoms. The van der Waals surface area contributed by atoms with Gasteiger partial charge in [-0.05, 0) is 37.7 Å². The van der Waals surface area contributed by atoms with Crippen molar-refractivity contribution in [2.45, 2.75) is 52.4 Å². The Labute approximate surface area is 110 Å². The zero-order chi connectivity index (χ0) is 13.2. The maximum absolute atomic E-state index is 5.41. The fourth-order valence-corrected chi connectivity index (χ4v) is 2.67. The van der Waals surface area contributed by atoms with Gasteiger partial charge < -0.3 is 4.74 Å². The Hall–Kier alpha value is -0.960. The van der Waals surface area contributed by atoms with Crippen molar-refractivity contribution in [2.75, 3.05) is 13.2 Å². The number of hydrogen-bond acceptors (Lipinski definition) is 3. The fraction of sp³-hybridized carbons (Fsp3) is 0.733. The summed E-state index contributed by atoms with van der Waals surface area (Å²) in [6.07, 6.45) is 5.12. The molecule has 1 aromatic heterocycles. The number of ether oxygens (including phenoxy) is 1. The van der Waals surface area contributed by atoms with Gasteiger partial charge in [0.05, 0.1) is 5.69 Å². The molecular formula is C15H24N2O. The second-order valence-corrected chi connectivity index (χ2v) is 6.30. The smallest absolute Gasteiger partial charge is 0.115 e. The molecule has 0 bridgehead atoms. The summed E-state index contributed by atoms with van der Waals surface area (Å²) in [6.45, 7) is 10.6. The maximum atomic E-state index is 5.41. The molecule has 100 valence electrons. The van der Waals surface area contributed by atoms with E-state index in [4.69, 9.17) is 4.74 Å². The highest BCUT2D eigenvalue weighted by Crippen LogP contribution is 2.27. The molecule has 1 fully saturated rings. The van der Waals surface area contributed by atoms with Crippen LogP contribution in [0.2, 0.25) is 0 Å². The molecule has 2 rings (SSSR count). The Morgan fingerprint density at radius 3 is 2.50 bits per heavy atom. The first kappa shape index (κ1) is 13.5. The summed E-state index contributed by atoms with van der Waals surface area (Å²) in [5.41, 5.74) is 3.77. The van der Waals surface area contributed by atoms with Gasteiger partial charge in [0.15, 0.2) is 0 Å². The molecule has 2 heterocycles. The van der Waals surface area contributed by atoms with E-state index < -0.39 is 0 Å². The van der Waals surface area contributed by atoms with E-state index in [1.807, 2.05) is 0 Å². The first-order valence-electron chi connectivity index (χ1n) is 6.87. The van der Waals surface area contributed by atoms with Crippen molar-refractivity contribution >= 4 is 0 Å². The van der Waals surface area contributed by atoms with Crippen LogP contribution < -0.4 is 0 Å². The van der Waals surface area contributed by atoms with Gasteiger partial charge in [-0.15, -0.1) is 0 Å². The predicted molar refractivity (Wildman–Crippen MR) is 72.7 cm³/mol. The Balaban J connectivity index is 2.18. The van der Waals surface area contributed by atoms with Crippen LogP contribution in [0.15, 0.2) is 6.33 Å². The lowest BCUT2D eigenvalue weighted by Crippen LogP contribution is -2.21. The van der Waals surface area contributed by atoms with Crippen LogP contribution in [0.4, 0.5) is 0 Å². The van der Waals surface area contributed by atoms with E-state index in [0.29, 0.717) is 0 Å². The van der Waals surface area contributed by atoms with Gasteiger partial charge in [-0.3, -0.25) is 0 Å². The number of rotatable bonds is 2. The van der Waals surface area contributed by atoms with Gasteiger partial charge in [-0.1, -0.05) is 20.8 Å². The lowest BCUT2D eigenvalue weighted by atomic mass is 9.86. The van der Waals surface area contributed by atoms with Gasteiger partial charge in [0.25, 0.3) is 0 Å². The molecule has 0 radical (unpaired) electrons. The molecule has 0 saturated carbocycles. The van der Waals surface area contributed by atoms with Crippen LogP contribution in [0, 0.1) is 12.8 Å². The lowest BCUT2D eigenvalue weighted by molar-refractivity contribution is 0.0662. The summed E-state index contributed by atoms with van der Waals surface area (Å²) in [4.78, 5) is 8.96. The first-order valence-corrected chi connectivity index (χ1v) is 6.87. The third-order valence-corrected chi connectivity index (χ3v) is 3.72. The van der Waals surface area contributed by atoms with Crippen LogP contribution >= 0.6 is 0 Å². The van der Waals surface area contributed by atoms with Crippen LogP contribution in [0.1, 0.15) is 50.6 Å². The summed E-state index contributed by atoms with van der Waals surface area (Å²) in [6, 6.07) is 0. The molecule has 1 aliphatic rings. The molecule has 0 amide bonds. The van der Waals surface area contributed by atoms with Gasteiger partial charge in [-0.25, -0.2) is 9.97 Å². The highest BCUT2D eigenvalue weighted by atomic mass is 16.5. The van der Waals surface area contributed by atoms with Crippen molar-refractivity contribution in [3.63, 3.8) is 0 Å². The van der Waals surface area contributed by atoms with E-state index in [-0.39, 0.29) is 5.41 Å². The molecule has 18 heavy (non-hydrogen) atoms. The molecule has 1 saturated heterocycles. The Morgan fingerprint density at radius 1 is 1.22 bits per heavy atom. The molecule has 0 aliphatic carbocycles. The highest BCUT2D eigenvalue weighted by molar-refractivity contribution is 5.28. The molecule has 1 aromatic rings. The van der Waals surface area contributed by atoms with Gasteiger partial charge in [0.1, 0.15) is 6.33 Å². The predicted octanol–water partition coefficient (Wildman–Crippen LogP) is 3.05. The molecule has 3 nitrogen and oxygen atoms in total. The minimum Gasteiger partial charge on any atom is -0.381 e. The average Bonchev–Trinajstić information content (AvgIpc) is 2.32. The standard InChI is InChI=1S/C15H24N2O/c1-11-13(9-12-5-7-18-8-6-12)16-10-17-14(11)15(2,3)4/h10,12H,5-9H2,1-4H3. The van der Waals surface area contributed by atoms with Gasteiger partial charge in [0, 0.05) is 24.3 Å². The van der Waals surface area contributed by atoms with Gasteiger partial charge in [-0.2, -0.15) is 0 Å². The van der Waals surface area contributed by atoms with Crippen molar-refractivity contribution in [1.82, 2.24) is 9.97 Å². The van der Waals surface area contributed by atoms with Crippen LogP contribution in [-0.4, -0.2) is 23.2 Å². The van der Waals surface area contributed by atoms with Crippen molar-refractivity contribution in [2.24, 2.45) is 5.92 Å². The van der Waals surface area contributed by atoms with E-state index in [1.165, 1.54) is 17.0 Å². The largest absolute Gasteiger partial charge is 0.381 e. The van der Waals surface area contributed by atoms with E-state index in [1.54, 1.807) is 6.33 Å². The summed E-state index contributed by atoms with van der Waals surface area (Å²) in [7, 11) is 0. The Kier molecular flexibility index (Phi) is 4.00. The third-order valence-electron chi connectivity index (χ3n) is 3.72. The van der Waals surface area contributed by atoms with E-state index >= 15 is 0 Å². The molecule has 0 atom stereocenters. The van der Waals surface area contributed by atoms with Gasteiger partial charge >= 0.3 is 0 Å². The number of hydrogen-bond donors (Lipinski definition) is 0. The van der Waals surface area contributed by atoms with Crippen LogP contribution in [0.25, 0.3) is 0 Å². The van der Waals surface area contributed by atoms with Crippen LogP contribution in [0.3, 0.4) is 0 Å². The summed E-state index contributed by atoms with van der Waals surface area (Å²) in [5, 5.41) is 0. The molecule has 0 unspecified atom stereocenters. The van der Waals surface area contributed by atoms with Crippen molar-refractivity contribution in [3.8, 4) is 0 Å². The minimum atomic E-state index is 0.0947. The molecular weight excluding hydrogens is 224 g/mol.